The summed E-state index contributed by atoms with van der Waals surface area (Å²) in [6.07, 6.45) is 5.68. The van der Waals surface area contributed by atoms with Crippen molar-refractivity contribution in [2.75, 3.05) is 41.3 Å². The van der Waals surface area contributed by atoms with Crippen molar-refractivity contribution in [3.05, 3.63) is 66.5 Å². The number of Topliss-reactive ketones (excluding diaryl/α,β-unsaturated/α-hetero) is 1. The lowest BCUT2D eigenvalue weighted by Gasteiger charge is -2.39. The zero-order chi connectivity index (χ0) is 31.3. The van der Waals surface area contributed by atoms with Gasteiger partial charge in [0.05, 0.1) is 12.4 Å². The van der Waals surface area contributed by atoms with Crippen LogP contribution in [0.15, 0.2) is 70.8 Å². The molecule has 11 heteroatoms. The number of hydrogen-bond donors (Lipinski definition) is 2. The summed E-state index contributed by atoms with van der Waals surface area (Å²) in [4.78, 5) is 51.2. The summed E-state index contributed by atoms with van der Waals surface area (Å²) in [5.74, 6) is 0.907. The molecule has 2 aliphatic heterocycles. The molecule has 232 valence electrons. The normalized spacial score (nSPS) is 16.8. The highest BCUT2D eigenvalue weighted by Crippen LogP contribution is 2.31. The molecule has 1 aromatic heterocycles. The Hall–Kier alpha value is -4.12. The van der Waals surface area contributed by atoms with Crippen LogP contribution in [0.3, 0.4) is 0 Å². The number of anilines is 3. The third-order valence-corrected chi connectivity index (χ3v) is 8.62. The Morgan fingerprint density at radius 3 is 2.27 bits per heavy atom. The molecule has 0 atom stereocenters. The molecular weight excluding hydrogens is 576 g/mol. The number of benzene rings is 2. The molecule has 3 heterocycles. The predicted molar refractivity (Wildman–Crippen MR) is 173 cm³/mol. The number of piperidine rings is 2. The molecular formula is C33H40N6O4S. The molecule has 10 nitrogen and oxygen atoms in total. The van der Waals surface area contributed by atoms with E-state index < -0.39 is 5.60 Å². The molecule has 0 bridgehead atoms. The summed E-state index contributed by atoms with van der Waals surface area (Å²) < 4.78 is 5.76. The number of hydrogen-bond acceptors (Lipinski definition) is 9. The minimum absolute atomic E-state index is 0.186. The first kappa shape index (κ1) is 31.3. The number of carbonyl (C=O) groups excluding carboxylic acids is 3. The van der Waals surface area contributed by atoms with Gasteiger partial charge in [0.15, 0.2) is 0 Å². The van der Waals surface area contributed by atoms with Crippen molar-refractivity contribution in [2.45, 2.75) is 74.4 Å². The second-order valence-corrected chi connectivity index (χ2v) is 13.7. The molecule has 0 aliphatic carbocycles. The van der Waals surface area contributed by atoms with E-state index in [0.717, 1.165) is 21.4 Å². The predicted octanol–water partition coefficient (Wildman–Crippen LogP) is 5.93. The highest BCUT2D eigenvalue weighted by molar-refractivity contribution is 7.99. The molecule has 2 aromatic carbocycles. The molecule has 0 saturated carbocycles. The number of rotatable bonds is 7. The summed E-state index contributed by atoms with van der Waals surface area (Å²) in [6, 6.07) is 15.1. The van der Waals surface area contributed by atoms with Gasteiger partial charge in [-0.05, 0) is 70.2 Å². The summed E-state index contributed by atoms with van der Waals surface area (Å²) >= 11 is 1.47. The molecule has 0 spiro atoms. The summed E-state index contributed by atoms with van der Waals surface area (Å²) in [6.45, 7) is 10.6. The molecule has 2 fully saturated rings. The van der Waals surface area contributed by atoms with Crippen LogP contribution in [-0.2, 0) is 9.53 Å². The van der Waals surface area contributed by atoms with E-state index >= 15 is 0 Å². The highest BCUT2D eigenvalue weighted by Gasteiger charge is 2.35. The number of ether oxygens (including phenoxy) is 1. The summed E-state index contributed by atoms with van der Waals surface area (Å²) in [5.41, 5.74) is 1.42. The SMILES string of the molecule is CC(C)(C)NC(=O)OC1(C)CCN(c2cnc(Sc3cccc(NC(=O)c4ccc(N5CCC(=O)CC5)cc4)c3)cn2)CC1. The second-order valence-electron chi connectivity index (χ2n) is 12.6. The lowest BCUT2D eigenvalue weighted by Crippen LogP contribution is -2.49. The molecule has 2 amide bonds. The van der Waals surface area contributed by atoms with Crippen LogP contribution in [0.4, 0.5) is 22.0 Å². The number of amides is 2. The van der Waals surface area contributed by atoms with Crippen LogP contribution in [0.2, 0.25) is 0 Å². The lowest BCUT2D eigenvalue weighted by molar-refractivity contribution is -0.119. The maximum atomic E-state index is 12.9. The molecule has 2 saturated heterocycles. The van der Waals surface area contributed by atoms with E-state index in [0.29, 0.717) is 68.9 Å². The van der Waals surface area contributed by atoms with Crippen molar-refractivity contribution in [2.24, 2.45) is 0 Å². The van der Waals surface area contributed by atoms with Gasteiger partial charge in [-0.15, -0.1) is 0 Å². The van der Waals surface area contributed by atoms with Gasteiger partial charge in [0, 0.05) is 79.2 Å². The Morgan fingerprint density at radius 2 is 1.64 bits per heavy atom. The van der Waals surface area contributed by atoms with Crippen LogP contribution in [0.1, 0.15) is 63.7 Å². The van der Waals surface area contributed by atoms with Gasteiger partial charge >= 0.3 is 6.09 Å². The van der Waals surface area contributed by atoms with E-state index in [2.05, 4.69) is 30.4 Å². The summed E-state index contributed by atoms with van der Waals surface area (Å²) in [5, 5.41) is 6.59. The number of alkyl carbamates (subject to hydrolysis) is 1. The smallest absolute Gasteiger partial charge is 0.408 e. The Morgan fingerprint density at radius 1 is 0.932 bits per heavy atom. The zero-order valence-electron chi connectivity index (χ0n) is 25.8. The minimum Gasteiger partial charge on any atom is -0.443 e. The Kier molecular flexibility index (Phi) is 9.43. The molecule has 3 aromatic rings. The van der Waals surface area contributed by atoms with E-state index in [9.17, 15) is 14.4 Å². The summed E-state index contributed by atoms with van der Waals surface area (Å²) in [7, 11) is 0. The molecule has 5 rings (SSSR count). The monoisotopic (exact) mass is 616 g/mol. The lowest BCUT2D eigenvalue weighted by atomic mass is 9.93. The first-order valence-corrected chi connectivity index (χ1v) is 15.8. The average molecular weight is 617 g/mol. The van der Waals surface area contributed by atoms with Gasteiger partial charge < -0.3 is 25.2 Å². The Labute approximate surface area is 263 Å². The number of nitrogens with one attached hydrogen (secondary N) is 2. The standard InChI is InChI=1S/C33H40N6O4S/c1-32(2,3)37-31(42)43-33(4)14-18-39(19-15-33)28-21-35-29(22-34-28)44-27-7-5-6-24(20-27)36-30(41)23-8-10-25(11-9-23)38-16-12-26(40)13-17-38/h5-11,20-22H,12-19H2,1-4H3,(H,36,41)(H,37,42). The van der Waals surface area contributed by atoms with Crippen LogP contribution >= 0.6 is 11.8 Å². The maximum absolute atomic E-state index is 12.9. The average Bonchev–Trinajstić information content (AvgIpc) is 2.97. The molecule has 44 heavy (non-hydrogen) atoms. The van der Waals surface area contributed by atoms with Gasteiger partial charge in [-0.3, -0.25) is 9.59 Å². The van der Waals surface area contributed by atoms with Crippen molar-refractivity contribution in [1.29, 1.82) is 0 Å². The van der Waals surface area contributed by atoms with E-state index in [1.165, 1.54) is 11.8 Å². The Balaban J connectivity index is 1.12. The van der Waals surface area contributed by atoms with Gasteiger partial charge in [0.1, 0.15) is 22.2 Å². The fourth-order valence-corrected chi connectivity index (χ4v) is 5.98. The first-order chi connectivity index (χ1) is 20.9. The van der Waals surface area contributed by atoms with Crippen LogP contribution in [0.25, 0.3) is 0 Å². The van der Waals surface area contributed by atoms with Crippen LogP contribution in [-0.4, -0.2) is 65.1 Å². The number of carbonyl (C=O) groups is 3. The van der Waals surface area contributed by atoms with Crippen LogP contribution < -0.4 is 20.4 Å². The quantitative estimate of drug-likeness (QED) is 0.333. The van der Waals surface area contributed by atoms with Crippen molar-refractivity contribution < 1.29 is 19.1 Å². The molecule has 0 radical (unpaired) electrons. The Bertz CT molecular complexity index is 1470. The van der Waals surface area contributed by atoms with Gasteiger partial charge in [0.2, 0.25) is 0 Å². The van der Waals surface area contributed by atoms with Gasteiger partial charge in [-0.25, -0.2) is 14.8 Å². The van der Waals surface area contributed by atoms with E-state index in [1.807, 2.05) is 76.2 Å². The molecule has 2 aliphatic rings. The van der Waals surface area contributed by atoms with Crippen LogP contribution in [0, 0.1) is 0 Å². The zero-order valence-corrected chi connectivity index (χ0v) is 26.6. The molecule has 2 N–H and O–H groups in total. The third-order valence-electron chi connectivity index (χ3n) is 7.71. The van der Waals surface area contributed by atoms with E-state index in [1.54, 1.807) is 12.4 Å². The largest absolute Gasteiger partial charge is 0.443 e. The fourth-order valence-electron chi connectivity index (χ4n) is 5.19. The fraction of sp³-hybridized carbons (Fsp3) is 0.424. The maximum Gasteiger partial charge on any atom is 0.408 e. The minimum atomic E-state index is -0.519. The van der Waals surface area contributed by atoms with Crippen molar-refractivity contribution in [3.8, 4) is 0 Å². The van der Waals surface area contributed by atoms with E-state index in [4.69, 9.17) is 4.74 Å². The number of aromatic nitrogens is 2. The van der Waals surface area contributed by atoms with Crippen molar-refractivity contribution in [3.63, 3.8) is 0 Å². The second kappa shape index (κ2) is 13.3. The number of nitrogens with zero attached hydrogens (tertiary/aromatic N) is 4. The van der Waals surface area contributed by atoms with Gasteiger partial charge in [0.25, 0.3) is 5.91 Å². The highest BCUT2D eigenvalue weighted by atomic mass is 32.2. The van der Waals surface area contributed by atoms with Crippen LogP contribution in [0.5, 0.6) is 0 Å². The molecule has 0 unspecified atom stereocenters. The van der Waals surface area contributed by atoms with Crippen molar-refractivity contribution in [1.82, 2.24) is 15.3 Å². The van der Waals surface area contributed by atoms with E-state index in [-0.39, 0.29) is 17.5 Å². The topological polar surface area (TPSA) is 117 Å². The van der Waals surface area contributed by atoms with Gasteiger partial charge in [-0.1, -0.05) is 17.8 Å². The van der Waals surface area contributed by atoms with Gasteiger partial charge in [-0.2, -0.15) is 0 Å². The van der Waals surface area contributed by atoms with Crippen molar-refractivity contribution >= 4 is 46.7 Å². The third kappa shape index (κ3) is 8.49. The first-order valence-electron chi connectivity index (χ1n) is 15.0. The number of ketones is 1.